The molecule has 1 rings (SSSR count). The molecule has 5 nitrogen and oxygen atoms in total. The summed E-state index contributed by atoms with van der Waals surface area (Å²) < 4.78 is 5.35. The van der Waals surface area contributed by atoms with Crippen molar-refractivity contribution in [2.75, 3.05) is 32.8 Å². The van der Waals surface area contributed by atoms with Crippen LogP contribution in [0.1, 0.15) is 12.8 Å². The molecule has 0 spiro atoms. The minimum atomic E-state index is -0.0473. The molecule has 1 amide bonds. The molecule has 0 saturated carbocycles. The molecule has 0 aliphatic carbocycles. The lowest BCUT2D eigenvalue weighted by Crippen LogP contribution is -2.38. The van der Waals surface area contributed by atoms with Crippen LogP contribution in [0.15, 0.2) is 0 Å². The van der Waals surface area contributed by atoms with Gasteiger partial charge >= 0.3 is 0 Å². The fourth-order valence-electron chi connectivity index (χ4n) is 1.38. The summed E-state index contributed by atoms with van der Waals surface area (Å²) in [6.45, 7) is 2.17. The zero-order valence-electron chi connectivity index (χ0n) is 8.29. The highest BCUT2D eigenvalue weighted by Gasteiger charge is 2.15. The monoisotopic (exact) mass is 202 g/mol. The van der Waals surface area contributed by atoms with Crippen LogP contribution in [0.4, 0.5) is 0 Å². The Labute approximate surface area is 83.8 Å². The van der Waals surface area contributed by atoms with Crippen molar-refractivity contribution >= 4 is 5.91 Å². The number of amides is 1. The minimum Gasteiger partial charge on any atom is -0.395 e. The minimum absolute atomic E-state index is 0.0473. The Morgan fingerprint density at radius 3 is 3.07 bits per heavy atom. The molecular formula is C9H18N2O3. The number of carbonyl (C=O) groups excluding carboxylic acids is 1. The highest BCUT2D eigenvalue weighted by Crippen LogP contribution is 2.10. The lowest BCUT2D eigenvalue weighted by molar-refractivity contribution is -0.120. The number of ether oxygens (including phenoxy) is 1. The predicted molar refractivity (Wildman–Crippen MR) is 51.9 cm³/mol. The SMILES string of the molecule is O=C(CNCCO)NCC1CCCO1. The zero-order valence-corrected chi connectivity index (χ0v) is 8.29. The lowest BCUT2D eigenvalue weighted by Gasteiger charge is -2.10. The van der Waals surface area contributed by atoms with Crippen molar-refractivity contribution < 1.29 is 14.6 Å². The molecule has 14 heavy (non-hydrogen) atoms. The number of nitrogens with one attached hydrogen (secondary N) is 2. The molecule has 5 heteroatoms. The summed E-state index contributed by atoms with van der Waals surface area (Å²) in [5.74, 6) is -0.0473. The van der Waals surface area contributed by atoms with Crippen molar-refractivity contribution in [3.05, 3.63) is 0 Å². The van der Waals surface area contributed by atoms with E-state index in [1.807, 2.05) is 0 Å². The fourth-order valence-corrected chi connectivity index (χ4v) is 1.38. The van der Waals surface area contributed by atoms with E-state index in [1.54, 1.807) is 0 Å². The molecule has 3 N–H and O–H groups in total. The second-order valence-corrected chi connectivity index (χ2v) is 3.34. The molecule has 1 atom stereocenters. The van der Waals surface area contributed by atoms with Crippen LogP contribution in [0.5, 0.6) is 0 Å². The van der Waals surface area contributed by atoms with Gasteiger partial charge in [-0.25, -0.2) is 0 Å². The number of aliphatic hydroxyl groups is 1. The smallest absolute Gasteiger partial charge is 0.234 e. The van der Waals surface area contributed by atoms with Crippen LogP contribution >= 0.6 is 0 Å². The first-order valence-electron chi connectivity index (χ1n) is 5.03. The van der Waals surface area contributed by atoms with Gasteiger partial charge in [0.15, 0.2) is 0 Å². The first-order valence-corrected chi connectivity index (χ1v) is 5.03. The maximum atomic E-state index is 11.2. The summed E-state index contributed by atoms with van der Waals surface area (Å²) >= 11 is 0. The summed E-state index contributed by atoms with van der Waals surface area (Å²) in [4.78, 5) is 11.2. The van der Waals surface area contributed by atoms with E-state index in [0.29, 0.717) is 13.1 Å². The molecule has 0 bridgehead atoms. The standard InChI is InChI=1S/C9H18N2O3/c12-4-3-10-7-9(13)11-6-8-2-1-5-14-8/h8,10,12H,1-7H2,(H,11,13). The normalized spacial score (nSPS) is 21.1. The van der Waals surface area contributed by atoms with Gasteiger partial charge in [0.2, 0.25) is 5.91 Å². The van der Waals surface area contributed by atoms with Crippen LogP contribution in [-0.4, -0.2) is 50.0 Å². The van der Waals surface area contributed by atoms with Gasteiger partial charge in [-0.2, -0.15) is 0 Å². The molecule has 1 aliphatic rings. The molecule has 1 unspecified atom stereocenters. The second-order valence-electron chi connectivity index (χ2n) is 3.34. The van der Waals surface area contributed by atoms with Gasteiger partial charge in [0, 0.05) is 19.7 Å². The predicted octanol–water partition coefficient (Wildman–Crippen LogP) is -1.14. The number of carbonyl (C=O) groups is 1. The molecule has 0 aromatic heterocycles. The summed E-state index contributed by atoms with van der Waals surface area (Å²) in [6, 6.07) is 0. The third kappa shape index (κ3) is 4.55. The lowest BCUT2D eigenvalue weighted by atomic mass is 10.2. The molecule has 82 valence electrons. The number of aliphatic hydroxyl groups excluding tert-OH is 1. The maximum Gasteiger partial charge on any atom is 0.234 e. The van der Waals surface area contributed by atoms with Crippen LogP contribution in [0.3, 0.4) is 0 Å². The Morgan fingerprint density at radius 1 is 1.57 bits per heavy atom. The molecule has 1 fully saturated rings. The van der Waals surface area contributed by atoms with Crippen molar-refractivity contribution in [1.29, 1.82) is 0 Å². The van der Waals surface area contributed by atoms with E-state index in [4.69, 9.17) is 9.84 Å². The fraction of sp³-hybridized carbons (Fsp3) is 0.889. The molecule has 1 saturated heterocycles. The van der Waals surface area contributed by atoms with Gasteiger partial charge in [-0.05, 0) is 12.8 Å². The number of hydrogen-bond acceptors (Lipinski definition) is 4. The van der Waals surface area contributed by atoms with Gasteiger partial charge in [-0.3, -0.25) is 4.79 Å². The van der Waals surface area contributed by atoms with Crippen molar-refractivity contribution in [1.82, 2.24) is 10.6 Å². The van der Waals surface area contributed by atoms with E-state index in [2.05, 4.69) is 10.6 Å². The Morgan fingerprint density at radius 2 is 2.43 bits per heavy atom. The first-order chi connectivity index (χ1) is 6.83. The molecule has 0 aromatic carbocycles. The summed E-state index contributed by atoms with van der Waals surface area (Å²) in [5.41, 5.74) is 0. The Balaban J connectivity index is 1.96. The van der Waals surface area contributed by atoms with Crippen molar-refractivity contribution in [2.24, 2.45) is 0 Å². The summed E-state index contributed by atoms with van der Waals surface area (Å²) in [5, 5.41) is 14.1. The van der Waals surface area contributed by atoms with Crippen LogP contribution < -0.4 is 10.6 Å². The van der Waals surface area contributed by atoms with Gasteiger partial charge in [0.1, 0.15) is 0 Å². The Hall–Kier alpha value is -0.650. The van der Waals surface area contributed by atoms with Gasteiger partial charge in [-0.1, -0.05) is 0 Å². The molecule has 1 aliphatic heterocycles. The van der Waals surface area contributed by atoms with Gasteiger partial charge in [0.25, 0.3) is 0 Å². The summed E-state index contributed by atoms with van der Waals surface area (Å²) in [6.07, 6.45) is 2.31. The quantitative estimate of drug-likeness (QED) is 0.476. The van der Waals surface area contributed by atoms with Crippen molar-refractivity contribution in [2.45, 2.75) is 18.9 Å². The van der Waals surface area contributed by atoms with Crippen LogP contribution in [-0.2, 0) is 9.53 Å². The molecule has 0 radical (unpaired) electrons. The highest BCUT2D eigenvalue weighted by molar-refractivity contribution is 5.77. The summed E-state index contributed by atoms with van der Waals surface area (Å²) in [7, 11) is 0. The first kappa shape index (κ1) is 11.4. The Kier molecular flexibility index (Phi) is 5.51. The van der Waals surface area contributed by atoms with E-state index in [1.165, 1.54) is 0 Å². The molecular weight excluding hydrogens is 184 g/mol. The van der Waals surface area contributed by atoms with E-state index in [9.17, 15) is 4.79 Å². The largest absolute Gasteiger partial charge is 0.395 e. The average Bonchev–Trinajstić information content (AvgIpc) is 2.68. The number of rotatable bonds is 6. The highest BCUT2D eigenvalue weighted by atomic mass is 16.5. The van der Waals surface area contributed by atoms with Gasteiger partial charge in [-0.15, -0.1) is 0 Å². The van der Waals surface area contributed by atoms with Crippen molar-refractivity contribution in [3.8, 4) is 0 Å². The topological polar surface area (TPSA) is 70.6 Å². The van der Waals surface area contributed by atoms with Crippen molar-refractivity contribution in [3.63, 3.8) is 0 Å². The maximum absolute atomic E-state index is 11.2. The second kappa shape index (κ2) is 6.75. The third-order valence-corrected chi connectivity index (χ3v) is 2.13. The number of hydrogen-bond donors (Lipinski definition) is 3. The van der Waals surface area contributed by atoms with Crippen LogP contribution in [0.2, 0.25) is 0 Å². The average molecular weight is 202 g/mol. The Bertz CT molecular complexity index is 169. The van der Waals surface area contributed by atoms with E-state index >= 15 is 0 Å². The van der Waals surface area contributed by atoms with Gasteiger partial charge in [0.05, 0.1) is 19.3 Å². The van der Waals surface area contributed by atoms with E-state index in [-0.39, 0.29) is 25.2 Å². The van der Waals surface area contributed by atoms with Crippen LogP contribution in [0, 0.1) is 0 Å². The van der Waals surface area contributed by atoms with E-state index in [0.717, 1.165) is 19.4 Å². The molecule has 0 aromatic rings. The van der Waals surface area contributed by atoms with Gasteiger partial charge < -0.3 is 20.5 Å². The third-order valence-electron chi connectivity index (χ3n) is 2.13. The molecule has 1 heterocycles. The van der Waals surface area contributed by atoms with Crippen LogP contribution in [0.25, 0.3) is 0 Å². The van der Waals surface area contributed by atoms with E-state index < -0.39 is 0 Å². The zero-order chi connectivity index (χ0) is 10.2.